The summed E-state index contributed by atoms with van der Waals surface area (Å²) in [4.78, 5) is 11.7. The average molecular weight is 276 g/mol. The number of carbonyl (C=O) groups excluding carboxylic acids is 1. The van der Waals surface area contributed by atoms with Gasteiger partial charge in [0.1, 0.15) is 5.82 Å². The third-order valence-electron chi connectivity index (χ3n) is 2.92. The molecule has 0 bridgehead atoms. The van der Waals surface area contributed by atoms with E-state index in [9.17, 15) is 22.4 Å². The maximum atomic E-state index is 13.1. The Hall–Kier alpha value is -1.63. The van der Waals surface area contributed by atoms with E-state index in [0.717, 1.165) is 12.5 Å². The van der Waals surface area contributed by atoms with Crippen LogP contribution >= 0.6 is 0 Å². The molecule has 1 aliphatic rings. The van der Waals surface area contributed by atoms with Crippen LogP contribution in [0.2, 0.25) is 0 Å². The summed E-state index contributed by atoms with van der Waals surface area (Å²) in [7, 11) is 0. The van der Waals surface area contributed by atoms with Gasteiger partial charge in [-0.25, -0.2) is 4.39 Å². The highest BCUT2D eigenvalue weighted by molar-refractivity contribution is 5.95. The first-order valence-electron chi connectivity index (χ1n) is 5.79. The second-order valence-electron chi connectivity index (χ2n) is 4.33. The molecular formula is C12H12F4N2O. The minimum absolute atomic E-state index is 0.0626. The van der Waals surface area contributed by atoms with Gasteiger partial charge in [-0.3, -0.25) is 4.79 Å². The number of halogens is 4. The summed E-state index contributed by atoms with van der Waals surface area (Å²) in [5.74, 6) is -1.76. The Morgan fingerprint density at radius 2 is 2.11 bits per heavy atom. The zero-order valence-corrected chi connectivity index (χ0v) is 9.85. The molecule has 1 aliphatic heterocycles. The van der Waals surface area contributed by atoms with Crippen molar-refractivity contribution >= 4 is 11.6 Å². The molecule has 104 valence electrons. The van der Waals surface area contributed by atoms with Crippen molar-refractivity contribution in [2.24, 2.45) is 0 Å². The van der Waals surface area contributed by atoms with E-state index >= 15 is 0 Å². The molecule has 2 N–H and O–H groups in total. The van der Waals surface area contributed by atoms with Gasteiger partial charge in [0.15, 0.2) is 0 Å². The molecule has 1 fully saturated rings. The summed E-state index contributed by atoms with van der Waals surface area (Å²) in [6.07, 6.45) is -3.30. The number of benzene rings is 1. The first-order chi connectivity index (χ1) is 8.88. The number of carbonyl (C=O) groups is 1. The van der Waals surface area contributed by atoms with E-state index < -0.39 is 29.5 Å². The number of nitrogens with one attached hydrogen (secondary N) is 2. The van der Waals surface area contributed by atoms with Crippen molar-refractivity contribution in [1.82, 2.24) is 5.32 Å². The molecule has 19 heavy (non-hydrogen) atoms. The SMILES string of the molecule is O=C(Nc1ccc(F)c(C(F)(F)F)c1)[C@H]1CCCN1. The van der Waals surface area contributed by atoms with Crippen molar-refractivity contribution < 1.29 is 22.4 Å². The first-order valence-corrected chi connectivity index (χ1v) is 5.79. The molecule has 0 aliphatic carbocycles. The van der Waals surface area contributed by atoms with Crippen LogP contribution in [0.5, 0.6) is 0 Å². The summed E-state index contributed by atoms with van der Waals surface area (Å²) in [6, 6.07) is 2.00. The summed E-state index contributed by atoms with van der Waals surface area (Å²) in [5, 5.41) is 5.28. The van der Waals surface area contributed by atoms with Crippen LogP contribution in [0.3, 0.4) is 0 Å². The number of rotatable bonds is 2. The maximum absolute atomic E-state index is 13.1. The standard InChI is InChI=1S/C12H12F4N2O/c13-9-4-3-7(6-8(9)12(14,15)16)18-11(19)10-2-1-5-17-10/h3-4,6,10,17H,1-2,5H2,(H,18,19)/t10-/m1/s1. The Balaban J connectivity index is 2.15. The molecular weight excluding hydrogens is 264 g/mol. The molecule has 2 rings (SSSR count). The van der Waals surface area contributed by atoms with E-state index in [1.165, 1.54) is 0 Å². The molecule has 0 radical (unpaired) electrons. The monoisotopic (exact) mass is 276 g/mol. The summed E-state index contributed by atoms with van der Waals surface area (Å²) in [5.41, 5.74) is -1.45. The molecule has 3 nitrogen and oxygen atoms in total. The lowest BCUT2D eigenvalue weighted by Gasteiger charge is -2.13. The summed E-state index contributed by atoms with van der Waals surface area (Å²) >= 11 is 0. The van der Waals surface area contributed by atoms with Crippen LogP contribution in [0.4, 0.5) is 23.2 Å². The zero-order chi connectivity index (χ0) is 14.0. The Labute approximate surface area is 107 Å². The molecule has 1 amide bonds. The highest BCUT2D eigenvalue weighted by atomic mass is 19.4. The second kappa shape index (κ2) is 5.16. The first kappa shape index (κ1) is 13.8. The van der Waals surface area contributed by atoms with Crippen molar-refractivity contribution in [1.29, 1.82) is 0 Å². The second-order valence-corrected chi connectivity index (χ2v) is 4.33. The maximum Gasteiger partial charge on any atom is 0.419 e. The minimum Gasteiger partial charge on any atom is -0.325 e. The van der Waals surface area contributed by atoms with Crippen molar-refractivity contribution in [3.8, 4) is 0 Å². The predicted molar refractivity (Wildman–Crippen MR) is 61.1 cm³/mol. The molecule has 1 saturated heterocycles. The van der Waals surface area contributed by atoms with Crippen molar-refractivity contribution in [2.75, 3.05) is 11.9 Å². The van der Waals surface area contributed by atoms with Crippen LogP contribution < -0.4 is 10.6 Å². The normalized spacial score (nSPS) is 19.5. The van der Waals surface area contributed by atoms with E-state index in [4.69, 9.17) is 0 Å². The van der Waals surface area contributed by atoms with Gasteiger partial charge in [0.05, 0.1) is 11.6 Å². The molecule has 0 aromatic heterocycles. The van der Waals surface area contributed by atoms with Gasteiger partial charge in [-0.05, 0) is 37.6 Å². The molecule has 1 atom stereocenters. The molecule has 1 aromatic carbocycles. The number of amides is 1. The summed E-state index contributed by atoms with van der Waals surface area (Å²) < 4.78 is 50.6. The highest BCUT2D eigenvalue weighted by Gasteiger charge is 2.34. The number of anilines is 1. The zero-order valence-electron chi connectivity index (χ0n) is 9.85. The molecule has 1 aromatic rings. The lowest BCUT2D eigenvalue weighted by Crippen LogP contribution is -2.35. The van der Waals surface area contributed by atoms with Crippen molar-refractivity contribution in [3.05, 3.63) is 29.6 Å². The average Bonchev–Trinajstić information content (AvgIpc) is 2.83. The largest absolute Gasteiger partial charge is 0.419 e. The fourth-order valence-corrected chi connectivity index (χ4v) is 1.96. The van der Waals surface area contributed by atoms with Gasteiger partial charge in [-0.2, -0.15) is 13.2 Å². The van der Waals surface area contributed by atoms with Gasteiger partial charge >= 0.3 is 6.18 Å². The lowest BCUT2D eigenvalue weighted by atomic mass is 10.1. The summed E-state index contributed by atoms with van der Waals surface area (Å²) in [6.45, 7) is 0.704. The number of alkyl halides is 3. The van der Waals surface area contributed by atoms with Crippen molar-refractivity contribution in [3.63, 3.8) is 0 Å². The fourth-order valence-electron chi connectivity index (χ4n) is 1.96. The topological polar surface area (TPSA) is 41.1 Å². The van der Waals surface area contributed by atoms with E-state index in [0.29, 0.717) is 25.1 Å². The minimum atomic E-state index is -4.78. The van der Waals surface area contributed by atoms with Gasteiger partial charge in [-0.15, -0.1) is 0 Å². The number of hydrogen-bond donors (Lipinski definition) is 2. The molecule has 1 heterocycles. The molecule has 7 heteroatoms. The van der Waals surface area contributed by atoms with Crippen molar-refractivity contribution in [2.45, 2.75) is 25.1 Å². The van der Waals surface area contributed by atoms with E-state index in [-0.39, 0.29) is 5.69 Å². The Morgan fingerprint density at radius 1 is 1.37 bits per heavy atom. The fraction of sp³-hybridized carbons (Fsp3) is 0.417. The van der Waals surface area contributed by atoms with E-state index in [1.54, 1.807) is 0 Å². The van der Waals surface area contributed by atoms with Gasteiger partial charge in [0.2, 0.25) is 5.91 Å². The quantitative estimate of drug-likeness (QED) is 0.815. The third kappa shape index (κ3) is 3.23. The van der Waals surface area contributed by atoms with Crippen LogP contribution in [0.15, 0.2) is 18.2 Å². The third-order valence-corrected chi connectivity index (χ3v) is 2.92. The van der Waals surface area contributed by atoms with Crippen LogP contribution in [0.1, 0.15) is 18.4 Å². The van der Waals surface area contributed by atoms with E-state index in [1.807, 2.05) is 0 Å². The smallest absolute Gasteiger partial charge is 0.325 e. The van der Waals surface area contributed by atoms with Crippen LogP contribution in [0.25, 0.3) is 0 Å². The van der Waals surface area contributed by atoms with Gasteiger partial charge in [-0.1, -0.05) is 0 Å². The Morgan fingerprint density at radius 3 is 2.68 bits per heavy atom. The van der Waals surface area contributed by atoms with Gasteiger partial charge in [0, 0.05) is 5.69 Å². The number of hydrogen-bond acceptors (Lipinski definition) is 2. The Bertz CT molecular complexity index is 481. The predicted octanol–water partition coefficient (Wildman–Crippen LogP) is 2.54. The molecule has 0 unspecified atom stereocenters. The highest BCUT2D eigenvalue weighted by Crippen LogP contribution is 2.33. The molecule has 0 saturated carbocycles. The Kier molecular flexibility index (Phi) is 3.75. The van der Waals surface area contributed by atoms with Gasteiger partial charge < -0.3 is 10.6 Å². The van der Waals surface area contributed by atoms with Gasteiger partial charge in [0.25, 0.3) is 0 Å². The van der Waals surface area contributed by atoms with E-state index in [2.05, 4.69) is 10.6 Å². The molecule has 0 spiro atoms. The lowest BCUT2D eigenvalue weighted by molar-refractivity contribution is -0.140. The van der Waals surface area contributed by atoms with Crippen LogP contribution in [0, 0.1) is 5.82 Å². The van der Waals surface area contributed by atoms with Crippen LogP contribution in [-0.4, -0.2) is 18.5 Å². The van der Waals surface area contributed by atoms with Crippen LogP contribution in [-0.2, 0) is 11.0 Å².